The Morgan fingerprint density at radius 2 is 2.15 bits per heavy atom. The summed E-state index contributed by atoms with van der Waals surface area (Å²) in [7, 11) is 2.02. The van der Waals surface area contributed by atoms with Gasteiger partial charge in [-0.2, -0.15) is 0 Å². The molecule has 0 saturated heterocycles. The molecule has 0 aromatic heterocycles. The molecule has 1 aliphatic rings. The third-order valence-electron chi connectivity index (χ3n) is 3.07. The van der Waals surface area contributed by atoms with Crippen molar-refractivity contribution in [2.75, 3.05) is 13.6 Å². The number of rotatable bonds is 5. The van der Waals surface area contributed by atoms with Crippen LogP contribution in [0.2, 0.25) is 0 Å². The van der Waals surface area contributed by atoms with Crippen LogP contribution >= 0.6 is 0 Å². The van der Waals surface area contributed by atoms with Gasteiger partial charge in [0.2, 0.25) is 0 Å². The van der Waals surface area contributed by atoms with E-state index >= 15 is 0 Å². The monoisotopic (exact) mass is 185 g/mol. The molecule has 1 aliphatic carbocycles. The van der Waals surface area contributed by atoms with Crippen LogP contribution in [0.5, 0.6) is 0 Å². The van der Waals surface area contributed by atoms with E-state index in [-0.39, 0.29) is 0 Å². The maximum absolute atomic E-state index is 11.0. The quantitative estimate of drug-likeness (QED) is 0.707. The van der Waals surface area contributed by atoms with Gasteiger partial charge >= 0.3 is 5.97 Å². The first kappa shape index (κ1) is 10.5. The average Bonchev–Trinajstić information content (AvgIpc) is 2.85. The summed E-state index contributed by atoms with van der Waals surface area (Å²) >= 11 is 0. The topological polar surface area (TPSA) is 40.5 Å². The molecule has 0 heterocycles. The molecule has 1 fully saturated rings. The van der Waals surface area contributed by atoms with Crippen molar-refractivity contribution in [3.63, 3.8) is 0 Å². The SMILES string of the molecule is CCC(C)(CN(C)C1CC1)C(=O)O. The molecular formula is C10H19NO2. The van der Waals surface area contributed by atoms with E-state index in [1.807, 2.05) is 20.9 Å². The van der Waals surface area contributed by atoms with Crippen molar-refractivity contribution in [2.24, 2.45) is 5.41 Å². The summed E-state index contributed by atoms with van der Waals surface area (Å²) < 4.78 is 0. The van der Waals surface area contributed by atoms with Crippen LogP contribution in [0.1, 0.15) is 33.1 Å². The summed E-state index contributed by atoms with van der Waals surface area (Å²) in [6.07, 6.45) is 3.16. The first-order chi connectivity index (χ1) is 5.99. The maximum Gasteiger partial charge on any atom is 0.310 e. The molecular weight excluding hydrogens is 166 g/mol. The zero-order chi connectivity index (χ0) is 10.1. The predicted molar refractivity (Wildman–Crippen MR) is 51.7 cm³/mol. The van der Waals surface area contributed by atoms with Gasteiger partial charge in [-0.05, 0) is 33.2 Å². The highest BCUT2D eigenvalue weighted by atomic mass is 16.4. The first-order valence-corrected chi connectivity index (χ1v) is 4.93. The van der Waals surface area contributed by atoms with Gasteiger partial charge in [0, 0.05) is 12.6 Å². The van der Waals surface area contributed by atoms with Crippen LogP contribution < -0.4 is 0 Å². The fraction of sp³-hybridized carbons (Fsp3) is 0.900. The Morgan fingerprint density at radius 1 is 1.62 bits per heavy atom. The fourth-order valence-corrected chi connectivity index (χ4v) is 1.53. The molecule has 0 radical (unpaired) electrons. The minimum Gasteiger partial charge on any atom is -0.481 e. The average molecular weight is 185 g/mol. The molecule has 3 heteroatoms. The molecule has 1 saturated carbocycles. The number of nitrogens with zero attached hydrogens (tertiary/aromatic N) is 1. The fourth-order valence-electron chi connectivity index (χ4n) is 1.53. The van der Waals surface area contributed by atoms with Crippen LogP contribution in [0.4, 0.5) is 0 Å². The Balaban J connectivity index is 2.50. The zero-order valence-corrected chi connectivity index (χ0v) is 8.71. The van der Waals surface area contributed by atoms with Crippen LogP contribution in [0.3, 0.4) is 0 Å². The van der Waals surface area contributed by atoms with Crippen molar-refractivity contribution in [1.82, 2.24) is 4.90 Å². The van der Waals surface area contributed by atoms with E-state index in [2.05, 4.69) is 4.90 Å². The van der Waals surface area contributed by atoms with E-state index in [0.717, 1.165) is 0 Å². The molecule has 13 heavy (non-hydrogen) atoms. The van der Waals surface area contributed by atoms with E-state index in [0.29, 0.717) is 19.0 Å². The summed E-state index contributed by atoms with van der Waals surface area (Å²) in [4.78, 5) is 13.2. The molecule has 1 unspecified atom stereocenters. The first-order valence-electron chi connectivity index (χ1n) is 4.93. The van der Waals surface area contributed by atoms with Crippen LogP contribution in [-0.2, 0) is 4.79 Å². The Bertz CT molecular complexity index is 201. The number of hydrogen-bond acceptors (Lipinski definition) is 2. The second-order valence-corrected chi connectivity index (χ2v) is 4.37. The third-order valence-corrected chi connectivity index (χ3v) is 3.07. The van der Waals surface area contributed by atoms with E-state index in [1.54, 1.807) is 0 Å². The molecule has 1 rings (SSSR count). The molecule has 3 nitrogen and oxygen atoms in total. The standard InChI is InChI=1S/C10H19NO2/c1-4-10(2,9(12)13)7-11(3)8-5-6-8/h8H,4-7H2,1-3H3,(H,12,13). The second-order valence-electron chi connectivity index (χ2n) is 4.37. The number of carboxylic acid groups (broad SMARTS) is 1. The van der Waals surface area contributed by atoms with Gasteiger partial charge in [0.05, 0.1) is 5.41 Å². The largest absolute Gasteiger partial charge is 0.481 e. The predicted octanol–water partition coefficient (Wildman–Crippen LogP) is 1.58. The van der Waals surface area contributed by atoms with Gasteiger partial charge in [0.1, 0.15) is 0 Å². The van der Waals surface area contributed by atoms with Gasteiger partial charge in [0.15, 0.2) is 0 Å². The Kier molecular flexibility index (Phi) is 2.96. The molecule has 76 valence electrons. The van der Waals surface area contributed by atoms with E-state index in [4.69, 9.17) is 5.11 Å². The molecule has 1 atom stereocenters. The van der Waals surface area contributed by atoms with Crippen molar-refractivity contribution in [2.45, 2.75) is 39.2 Å². The lowest BCUT2D eigenvalue weighted by Gasteiger charge is -2.28. The van der Waals surface area contributed by atoms with Gasteiger partial charge in [-0.3, -0.25) is 4.79 Å². The normalized spacial score (nSPS) is 21.5. The van der Waals surface area contributed by atoms with E-state index in [1.165, 1.54) is 12.8 Å². The minimum atomic E-state index is -0.678. The van der Waals surface area contributed by atoms with Crippen LogP contribution in [0.15, 0.2) is 0 Å². The highest BCUT2D eigenvalue weighted by molar-refractivity contribution is 5.74. The van der Waals surface area contributed by atoms with Crippen LogP contribution in [0.25, 0.3) is 0 Å². The van der Waals surface area contributed by atoms with Crippen LogP contribution in [-0.4, -0.2) is 35.6 Å². The number of carbonyl (C=O) groups is 1. The van der Waals surface area contributed by atoms with Crippen molar-refractivity contribution < 1.29 is 9.90 Å². The Labute approximate surface area is 79.7 Å². The lowest BCUT2D eigenvalue weighted by atomic mass is 9.87. The molecule has 0 aliphatic heterocycles. The van der Waals surface area contributed by atoms with E-state index < -0.39 is 11.4 Å². The highest BCUT2D eigenvalue weighted by Crippen LogP contribution is 2.30. The number of hydrogen-bond donors (Lipinski definition) is 1. The maximum atomic E-state index is 11.0. The summed E-state index contributed by atoms with van der Waals surface area (Å²) in [5.41, 5.74) is -0.572. The minimum absolute atomic E-state index is 0.572. The van der Waals surface area contributed by atoms with Crippen molar-refractivity contribution in [1.29, 1.82) is 0 Å². The molecule has 0 amide bonds. The zero-order valence-electron chi connectivity index (χ0n) is 8.71. The highest BCUT2D eigenvalue weighted by Gasteiger charge is 2.36. The van der Waals surface area contributed by atoms with Gasteiger partial charge < -0.3 is 10.0 Å². The molecule has 0 bridgehead atoms. The Morgan fingerprint density at radius 3 is 2.46 bits per heavy atom. The summed E-state index contributed by atoms with van der Waals surface area (Å²) in [6.45, 7) is 4.44. The molecule has 0 aromatic carbocycles. The van der Waals surface area contributed by atoms with Crippen molar-refractivity contribution in [3.8, 4) is 0 Å². The third kappa shape index (κ3) is 2.44. The Hall–Kier alpha value is -0.570. The van der Waals surface area contributed by atoms with Gasteiger partial charge in [-0.1, -0.05) is 6.92 Å². The molecule has 0 aromatic rings. The van der Waals surface area contributed by atoms with Gasteiger partial charge in [0.25, 0.3) is 0 Å². The second kappa shape index (κ2) is 3.66. The lowest BCUT2D eigenvalue weighted by molar-refractivity contribution is -0.149. The summed E-state index contributed by atoms with van der Waals surface area (Å²) in [5.74, 6) is -0.678. The van der Waals surface area contributed by atoms with Crippen molar-refractivity contribution >= 4 is 5.97 Å². The molecule has 0 spiro atoms. The van der Waals surface area contributed by atoms with Gasteiger partial charge in [-0.25, -0.2) is 0 Å². The lowest BCUT2D eigenvalue weighted by Crippen LogP contribution is -2.40. The summed E-state index contributed by atoms with van der Waals surface area (Å²) in [6, 6.07) is 0.644. The number of carboxylic acids is 1. The summed E-state index contributed by atoms with van der Waals surface area (Å²) in [5, 5.41) is 9.06. The van der Waals surface area contributed by atoms with Crippen LogP contribution in [0, 0.1) is 5.41 Å². The van der Waals surface area contributed by atoms with E-state index in [9.17, 15) is 4.79 Å². The van der Waals surface area contributed by atoms with Gasteiger partial charge in [-0.15, -0.1) is 0 Å². The smallest absolute Gasteiger partial charge is 0.310 e. The number of aliphatic carboxylic acids is 1. The van der Waals surface area contributed by atoms with Crippen molar-refractivity contribution in [3.05, 3.63) is 0 Å². The molecule has 1 N–H and O–H groups in total.